The number of hydrogen-bond donors (Lipinski definition) is 0. The predicted molar refractivity (Wildman–Crippen MR) is 36.3 cm³/mol. The Balaban J connectivity index is 2.83. The minimum absolute atomic E-state index is 0.553. The molecule has 0 aromatic carbocycles. The lowest BCUT2D eigenvalue weighted by Gasteiger charge is -1.94. The van der Waals surface area contributed by atoms with Crippen LogP contribution >= 0.6 is 0 Å². The molecule has 0 amide bonds. The molecule has 2 aromatic rings. The lowest BCUT2D eigenvalue weighted by molar-refractivity contribution is -0.604. The zero-order chi connectivity index (χ0) is 7.68. The third-order valence-electron chi connectivity index (χ3n) is 1.35. The molecule has 0 radical (unpaired) electrons. The molecule has 5 nitrogen and oxygen atoms in total. The van der Waals surface area contributed by atoms with E-state index < -0.39 is 0 Å². The lowest BCUT2D eigenvalue weighted by Crippen LogP contribution is -2.23. The van der Waals surface area contributed by atoms with E-state index in [0.29, 0.717) is 10.2 Å². The zero-order valence-corrected chi connectivity index (χ0v) is 5.51. The average molecular weight is 148 g/mol. The van der Waals surface area contributed by atoms with Gasteiger partial charge in [0.1, 0.15) is 0 Å². The molecule has 5 heteroatoms. The molecule has 0 bridgehead atoms. The first-order valence-electron chi connectivity index (χ1n) is 3.03. The van der Waals surface area contributed by atoms with Gasteiger partial charge < -0.3 is 5.21 Å². The first kappa shape index (κ1) is 5.96. The van der Waals surface area contributed by atoms with Crippen molar-refractivity contribution in [3.05, 3.63) is 29.9 Å². The summed E-state index contributed by atoms with van der Waals surface area (Å²) in [6.07, 6.45) is 4.30. The molecule has 0 saturated carbocycles. The molecule has 0 atom stereocenters. The van der Waals surface area contributed by atoms with Crippen molar-refractivity contribution in [3.63, 3.8) is 0 Å². The third kappa shape index (κ3) is 0.958. The summed E-state index contributed by atoms with van der Waals surface area (Å²) >= 11 is 0. The highest BCUT2D eigenvalue weighted by Crippen LogP contribution is 2.02. The molecule has 0 aliphatic carbocycles. The van der Waals surface area contributed by atoms with E-state index in [-0.39, 0.29) is 0 Å². The number of rotatable bonds is 0. The van der Waals surface area contributed by atoms with Crippen molar-refractivity contribution in [2.24, 2.45) is 0 Å². The van der Waals surface area contributed by atoms with Gasteiger partial charge in [0, 0.05) is 11.5 Å². The van der Waals surface area contributed by atoms with E-state index in [1.54, 1.807) is 12.3 Å². The largest absolute Gasteiger partial charge is 0.619 e. The second-order valence-corrected chi connectivity index (χ2v) is 2.08. The Morgan fingerprint density at radius 2 is 2.36 bits per heavy atom. The van der Waals surface area contributed by atoms with Gasteiger partial charge in [0.15, 0.2) is 11.7 Å². The maximum atomic E-state index is 10.7. The van der Waals surface area contributed by atoms with Gasteiger partial charge in [-0.3, -0.25) is 0 Å². The smallest absolute Gasteiger partial charge is 0.208 e. The van der Waals surface area contributed by atoms with E-state index in [1.807, 2.05) is 0 Å². The zero-order valence-electron chi connectivity index (χ0n) is 5.51. The molecule has 0 fully saturated rings. The van der Waals surface area contributed by atoms with Crippen LogP contribution in [0.1, 0.15) is 0 Å². The summed E-state index contributed by atoms with van der Waals surface area (Å²) < 4.78 is 0.678. The Morgan fingerprint density at radius 3 is 3.27 bits per heavy atom. The normalized spacial score (nSPS) is 10.2. The molecular formula is C6H4N4O. The van der Waals surface area contributed by atoms with Crippen molar-refractivity contribution in [1.82, 2.24) is 15.4 Å². The van der Waals surface area contributed by atoms with E-state index in [0.717, 1.165) is 5.39 Å². The van der Waals surface area contributed by atoms with Crippen molar-refractivity contribution in [2.75, 3.05) is 0 Å². The Morgan fingerprint density at radius 1 is 1.45 bits per heavy atom. The highest BCUT2D eigenvalue weighted by molar-refractivity contribution is 5.74. The fourth-order valence-corrected chi connectivity index (χ4v) is 0.832. The summed E-state index contributed by atoms with van der Waals surface area (Å²) in [5, 5.41) is 22.2. The van der Waals surface area contributed by atoms with Gasteiger partial charge in [0.05, 0.1) is 6.20 Å². The van der Waals surface area contributed by atoms with Gasteiger partial charge in [-0.1, -0.05) is 0 Å². The van der Waals surface area contributed by atoms with Gasteiger partial charge in [0.2, 0.25) is 6.20 Å². The van der Waals surface area contributed by atoms with Gasteiger partial charge in [-0.2, -0.15) is 4.73 Å². The van der Waals surface area contributed by atoms with Gasteiger partial charge in [-0.15, -0.1) is 10.2 Å². The van der Waals surface area contributed by atoms with Crippen LogP contribution in [0.25, 0.3) is 10.9 Å². The molecule has 2 heterocycles. The van der Waals surface area contributed by atoms with Crippen LogP contribution in [0.5, 0.6) is 0 Å². The van der Waals surface area contributed by atoms with Crippen molar-refractivity contribution in [2.45, 2.75) is 0 Å². The quantitative estimate of drug-likeness (QED) is 0.378. The Bertz CT molecular complexity index is 389. The topological polar surface area (TPSA) is 65.6 Å². The van der Waals surface area contributed by atoms with Crippen LogP contribution in [0, 0.1) is 5.21 Å². The molecule has 0 spiro atoms. The fraction of sp³-hybridized carbons (Fsp3) is 0. The van der Waals surface area contributed by atoms with Gasteiger partial charge in [-0.05, 0) is 5.21 Å². The first-order valence-corrected chi connectivity index (χ1v) is 3.03. The standard InChI is InChI=1S/C6H4N4O/c11-10-2-1-5-3-7-9-8-6(5)4-10/h1-4H. The van der Waals surface area contributed by atoms with E-state index in [9.17, 15) is 5.21 Å². The minimum atomic E-state index is 0.553. The molecule has 2 aromatic heterocycles. The van der Waals surface area contributed by atoms with Crippen molar-refractivity contribution < 1.29 is 4.73 Å². The van der Waals surface area contributed by atoms with E-state index in [2.05, 4.69) is 15.4 Å². The monoisotopic (exact) mass is 148 g/mol. The SMILES string of the molecule is [O-][n+]1ccc2cnnnc2c1. The molecule has 0 aliphatic heterocycles. The highest BCUT2D eigenvalue weighted by atomic mass is 16.5. The number of hydrogen-bond acceptors (Lipinski definition) is 4. The van der Waals surface area contributed by atoms with E-state index in [1.165, 1.54) is 12.4 Å². The van der Waals surface area contributed by atoms with Crippen molar-refractivity contribution in [1.29, 1.82) is 0 Å². The van der Waals surface area contributed by atoms with Crippen LogP contribution in [-0.2, 0) is 0 Å². The van der Waals surface area contributed by atoms with Crippen molar-refractivity contribution >= 4 is 10.9 Å². The number of nitrogens with zero attached hydrogens (tertiary/aromatic N) is 4. The maximum absolute atomic E-state index is 10.7. The predicted octanol–water partition coefficient (Wildman–Crippen LogP) is -0.342. The molecule has 11 heavy (non-hydrogen) atoms. The molecule has 0 N–H and O–H groups in total. The lowest BCUT2D eigenvalue weighted by atomic mass is 10.3. The number of aromatic nitrogens is 4. The average Bonchev–Trinajstić information content (AvgIpc) is 2.04. The van der Waals surface area contributed by atoms with Crippen LogP contribution in [0.2, 0.25) is 0 Å². The molecule has 54 valence electrons. The number of fused-ring (bicyclic) bond motifs is 1. The van der Waals surface area contributed by atoms with Crippen LogP contribution in [0.4, 0.5) is 0 Å². The number of pyridine rings is 1. The minimum Gasteiger partial charge on any atom is -0.619 e. The van der Waals surface area contributed by atoms with Crippen LogP contribution in [0.3, 0.4) is 0 Å². The molecule has 0 unspecified atom stereocenters. The summed E-state index contributed by atoms with van der Waals surface area (Å²) in [5.41, 5.74) is 0.553. The summed E-state index contributed by atoms with van der Waals surface area (Å²) in [5.74, 6) is 0. The molecule has 0 aliphatic rings. The second kappa shape index (κ2) is 2.12. The Kier molecular flexibility index (Phi) is 1.15. The molecule has 0 saturated heterocycles. The summed E-state index contributed by atoms with van der Waals surface area (Å²) in [4.78, 5) is 0. The highest BCUT2D eigenvalue weighted by Gasteiger charge is 1.97. The first-order chi connectivity index (χ1) is 5.36. The maximum Gasteiger partial charge on any atom is 0.208 e. The fourth-order valence-electron chi connectivity index (χ4n) is 0.832. The van der Waals surface area contributed by atoms with Gasteiger partial charge in [0.25, 0.3) is 0 Å². The summed E-state index contributed by atoms with van der Waals surface area (Å²) in [6.45, 7) is 0. The molecular weight excluding hydrogens is 144 g/mol. The summed E-state index contributed by atoms with van der Waals surface area (Å²) in [6, 6.07) is 1.64. The van der Waals surface area contributed by atoms with Gasteiger partial charge >= 0.3 is 0 Å². The van der Waals surface area contributed by atoms with E-state index >= 15 is 0 Å². The third-order valence-corrected chi connectivity index (χ3v) is 1.35. The molecule has 2 rings (SSSR count). The van der Waals surface area contributed by atoms with Crippen LogP contribution in [-0.4, -0.2) is 15.4 Å². The Hall–Kier alpha value is -1.78. The Labute approximate surface area is 61.9 Å². The van der Waals surface area contributed by atoms with Gasteiger partial charge in [-0.25, -0.2) is 0 Å². The van der Waals surface area contributed by atoms with Crippen LogP contribution < -0.4 is 4.73 Å². The summed E-state index contributed by atoms with van der Waals surface area (Å²) in [7, 11) is 0. The van der Waals surface area contributed by atoms with E-state index in [4.69, 9.17) is 0 Å². The second-order valence-electron chi connectivity index (χ2n) is 2.08. The van der Waals surface area contributed by atoms with Crippen LogP contribution in [0.15, 0.2) is 24.7 Å². The van der Waals surface area contributed by atoms with Crippen molar-refractivity contribution in [3.8, 4) is 0 Å².